The Labute approximate surface area is 166 Å². The second kappa shape index (κ2) is 19.4. The Morgan fingerprint density at radius 3 is 1.65 bits per heavy atom. The Morgan fingerprint density at radius 2 is 1.19 bits per heavy atom. The summed E-state index contributed by atoms with van der Waals surface area (Å²) in [7, 11) is 0. The molecule has 0 radical (unpaired) electrons. The number of allylic oxidation sites excluding steroid dienone is 1. The standard InChI is InChI=1S/C24H50N2/c1-6-11-12-13-14-15-16-17-18-19-21-26(24(8-3)20-7-2)23-22-25(9-4)10-5/h7,20,24H,6,8-19,21-23H2,1-5H3/b20-7+. The molecule has 0 fully saturated rings. The van der Waals surface area contributed by atoms with Gasteiger partial charge in [0.05, 0.1) is 0 Å². The fourth-order valence-electron chi connectivity index (χ4n) is 3.79. The first-order valence-electron chi connectivity index (χ1n) is 11.8. The normalized spacial score (nSPS) is 13.3. The van der Waals surface area contributed by atoms with Gasteiger partial charge in [-0.3, -0.25) is 4.90 Å². The molecule has 2 heteroatoms. The van der Waals surface area contributed by atoms with Crippen molar-refractivity contribution in [2.24, 2.45) is 0 Å². The minimum atomic E-state index is 0.620. The molecular formula is C24H50N2. The second-order valence-electron chi connectivity index (χ2n) is 7.75. The predicted octanol–water partition coefficient (Wildman–Crippen LogP) is 6.91. The van der Waals surface area contributed by atoms with E-state index in [1.807, 2.05) is 0 Å². The molecule has 0 spiro atoms. The minimum Gasteiger partial charge on any atom is -0.303 e. The molecule has 0 aromatic rings. The average Bonchev–Trinajstić information content (AvgIpc) is 2.66. The van der Waals surface area contributed by atoms with Crippen LogP contribution in [-0.2, 0) is 0 Å². The zero-order valence-electron chi connectivity index (χ0n) is 18.9. The van der Waals surface area contributed by atoms with E-state index in [-0.39, 0.29) is 0 Å². The molecule has 0 aliphatic carbocycles. The average molecular weight is 367 g/mol. The largest absolute Gasteiger partial charge is 0.303 e. The van der Waals surface area contributed by atoms with Gasteiger partial charge in [0, 0.05) is 19.1 Å². The molecule has 0 aromatic carbocycles. The van der Waals surface area contributed by atoms with Gasteiger partial charge in [-0.1, -0.05) is 97.6 Å². The fraction of sp³-hybridized carbons (Fsp3) is 0.917. The summed E-state index contributed by atoms with van der Waals surface area (Å²) in [5, 5.41) is 0. The topological polar surface area (TPSA) is 6.48 Å². The van der Waals surface area contributed by atoms with Gasteiger partial charge in [-0.2, -0.15) is 0 Å². The zero-order chi connectivity index (χ0) is 19.5. The molecule has 0 aliphatic heterocycles. The Kier molecular flexibility index (Phi) is 19.2. The Balaban J connectivity index is 4.02. The SMILES string of the molecule is C/C=C/C(CC)N(CCCCCCCCCCCC)CCN(CC)CC. The molecule has 0 bridgehead atoms. The number of rotatable bonds is 19. The summed E-state index contributed by atoms with van der Waals surface area (Å²) < 4.78 is 0. The van der Waals surface area contributed by atoms with Crippen LogP contribution in [0.25, 0.3) is 0 Å². The molecule has 0 N–H and O–H groups in total. The lowest BCUT2D eigenvalue weighted by Gasteiger charge is -2.31. The lowest BCUT2D eigenvalue weighted by atomic mass is 10.1. The van der Waals surface area contributed by atoms with Crippen molar-refractivity contribution in [1.82, 2.24) is 9.80 Å². The molecule has 2 nitrogen and oxygen atoms in total. The maximum absolute atomic E-state index is 2.73. The lowest BCUT2D eigenvalue weighted by Crippen LogP contribution is -2.40. The van der Waals surface area contributed by atoms with Crippen LogP contribution in [0.3, 0.4) is 0 Å². The predicted molar refractivity (Wildman–Crippen MR) is 120 cm³/mol. The third-order valence-corrected chi connectivity index (χ3v) is 5.70. The van der Waals surface area contributed by atoms with Crippen molar-refractivity contribution < 1.29 is 0 Å². The molecule has 0 saturated heterocycles. The Bertz CT molecular complexity index is 297. The van der Waals surface area contributed by atoms with E-state index in [9.17, 15) is 0 Å². The molecule has 0 rings (SSSR count). The van der Waals surface area contributed by atoms with Gasteiger partial charge in [-0.15, -0.1) is 0 Å². The summed E-state index contributed by atoms with van der Waals surface area (Å²) in [5.74, 6) is 0. The first-order valence-corrected chi connectivity index (χ1v) is 11.8. The summed E-state index contributed by atoms with van der Waals surface area (Å²) in [4.78, 5) is 5.27. The first-order chi connectivity index (χ1) is 12.7. The van der Waals surface area contributed by atoms with Crippen LogP contribution in [0.2, 0.25) is 0 Å². The molecule has 26 heavy (non-hydrogen) atoms. The fourth-order valence-corrected chi connectivity index (χ4v) is 3.79. The summed E-state index contributed by atoms with van der Waals surface area (Å²) in [6.45, 7) is 17.4. The molecule has 0 aromatic heterocycles. The van der Waals surface area contributed by atoms with Crippen LogP contribution in [-0.4, -0.2) is 48.6 Å². The first kappa shape index (κ1) is 25.7. The Morgan fingerprint density at radius 1 is 0.654 bits per heavy atom. The van der Waals surface area contributed by atoms with Gasteiger partial charge in [0.15, 0.2) is 0 Å². The van der Waals surface area contributed by atoms with Gasteiger partial charge in [0.25, 0.3) is 0 Å². The second-order valence-corrected chi connectivity index (χ2v) is 7.75. The van der Waals surface area contributed by atoms with E-state index in [1.165, 1.54) is 103 Å². The van der Waals surface area contributed by atoms with Gasteiger partial charge in [0.2, 0.25) is 0 Å². The van der Waals surface area contributed by atoms with Crippen LogP contribution < -0.4 is 0 Å². The smallest absolute Gasteiger partial charge is 0.0276 e. The van der Waals surface area contributed by atoms with Gasteiger partial charge < -0.3 is 4.90 Å². The van der Waals surface area contributed by atoms with E-state index in [1.54, 1.807) is 0 Å². The molecular weight excluding hydrogens is 316 g/mol. The van der Waals surface area contributed by atoms with Crippen molar-refractivity contribution in [2.75, 3.05) is 32.7 Å². The highest BCUT2D eigenvalue weighted by molar-refractivity contribution is 4.92. The monoisotopic (exact) mass is 366 g/mol. The maximum Gasteiger partial charge on any atom is 0.0276 e. The maximum atomic E-state index is 2.73. The molecule has 0 amide bonds. The Hall–Kier alpha value is -0.340. The van der Waals surface area contributed by atoms with Crippen molar-refractivity contribution in [2.45, 2.75) is 111 Å². The van der Waals surface area contributed by atoms with Gasteiger partial charge in [-0.05, 0) is 39.4 Å². The van der Waals surface area contributed by atoms with Crippen LogP contribution in [0.15, 0.2) is 12.2 Å². The molecule has 0 aliphatic rings. The number of hydrogen-bond donors (Lipinski definition) is 0. The van der Waals surface area contributed by atoms with Crippen LogP contribution in [0, 0.1) is 0 Å². The van der Waals surface area contributed by atoms with Crippen LogP contribution in [0.1, 0.15) is 105 Å². The summed E-state index contributed by atoms with van der Waals surface area (Å²) in [6.07, 6.45) is 20.1. The number of hydrogen-bond acceptors (Lipinski definition) is 2. The van der Waals surface area contributed by atoms with E-state index in [2.05, 4.69) is 56.6 Å². The van der Waals surface area contributed by atoms with Crippen molar-refractivity contribution in [3.63, 3.8) is 0 Å². The van der Waals surface area contributed by atoms with E-state index in [4.69, 9.17) is 0 Å². The third-order valence-electron chi connectivity index (χ3n) is 5.70. The van der Waals surface area contributed by atoms with E-state index in [0.717, 1.165) is 0 Å². The minimum absolute atomic E-state index is 0.620. The molecule has 1 atom stereocenters. The highest BCUT2D eigenvalue weighted by Crippen LogP contribution is 2.13. The van der Waals surface area contributed by atoms with Gasteiger partial charge in [-0.25, -0.2) is 0 Å². The van der Waals surface area contributed by atoms with Crippen molar-refractivity contribution >= 4 is 0 Å². The number of nitrogens with zero attached hydrogens (tertiary/aromatic N) is 2. The quantitative estimate of drug-likeness (QED) is 0.181. The van der Waals surface area contributed by atoms with Crippen LogP contribution in [0.4, 0.5) is 0 Å². The van der Waals surface area contributed by atoms with Crippen LogP contribution in [0.5, 0.6) is 0 Å². The van der Waals surface area contributed by atoms with Crippen molar-refractivity contribution in [1.29, 1.82) is 0 Å². The van der Waals surface area contributed by atoms with Crippen molar-refractivity contribution in [3.05, 3.63) is 12.2 Å². The zero-order valence-corrected chi connectivity index (χ0v) is 18.9. The van der Waals surface area contributed by atoms with Crippen LogP contribution >= 0.6 is 0 Å². The van der Waals surface area contributed by atoms with Crippen molar-refractivity contribution in [3.8, 4) is 0 Å². The van der Waals surface area contributed by atoms with E-state index < -0.39 is 0 Å². The molecule has 156 valence electrons. The molecule has 0 saturated carbocycles. The van der Waals surface area contributed by atoms with E-state index in [0.29, 0.717) is 6.04 Å². The lowest BCUT2D eigenvalue weighted by molar-refractivity contribution is 0.180. The number of likely N-dealkylation sites (N-methyl/N-ethyl adjacent to an activating group) is 1. The molecule has 1 unspecified atom stereocenters. The highest BCUT2D eigenvalue weighted by Gasteiger charge is 2.14. The summed E-state index contributed by atoms with van der Waals surface area (Å²) >= 11 is 0. The highest BCUT2D eigenvalue weighted by atomic mass is 15.2. The third kappa shape index (κ3) is 13.8. The van der Waals surface area contributed by atoms with Gasteiger partial charge >= 0.3 is 0 Å². The molecule has 0 heterocycles. The summed E-state index contributed by atoms with van der Waals surface area (Å²) in [5.41, 5.74) is 0. The van der Waals surface area contributed by atoms with Gasteiger partial charge in [0.1, 0.15) is 0 Å². The van der Waals surface area contributed by atoms with E-state index >= 15 is 0 Å². The number of unbranched alkanes of at least 4 members (excludes halogenated alkanes) is 9. The summed E-state index contributed by atoms with van der Waals surface area (Å²) in [6, 6.07) is 0.620.